The molecule has 0 saturated carbocycles. The lowest BCUT2D eigenvalue weighted by atomic mass is 10.0. The summed E-state index contributed by atoms with van der Waals surface area (Å²) in [6.45, 7) is 1.74. The number of amides is 2. The van der Waals surface area contributed by atoms with Crippen molar-refractivity contribution in [1.29, 1.82) is 0 Å². The fourth-order valence-electron chi connectivity index (χ4n) is 2.71. The first-order chi connectivity index (χ1) is 13.3. The summed E-state index contributed by atoms with van der Waals surface area (Å²) in [6.07, 6.45) is 1.51. The van der Waals surface area contributed by atoms with Gasteiger partial charge in [0.15, 0.2) is 11.5 Å². The predicted octanol–water partition coefficient (Wildman–Crippen LogP) is 4.52. The molecule has 2 amide bonds. The van der Waals surface area contributed by atoms with Crippen molar-refractivity contribution in [2.45, 2.75) is 6.92 Å². The Bertz CT molecular complexity index is 1070. The van der Waals surface area contributed by atoms with Crippen LogP contribution in [-0.4, -0.2) is 34.0 Å². The minimum absolute atomic E-state index is 0.116. The second-order valence-corrected chi connectivity index (χ2v) is 7.45. The molecule has 0 atom stereocenters. The summed E-state index contributed by atoms with van der Waals surface area (Å²) in [5.74, 6) is -0.754. The van der Waals surface area contributed by atoms with Gasteiger partial charge in [0.1, 0.15) is 4.60 Å². The number of hydrogen-bond acceptors (Lipinski definition) is 4. The van der Waals surface area contributed by atoms with Gasteiger partial charge < -0.3 is 5.32 Å². The highest BCUT2D eigenvalue weighted by molar-refractivity contribution is 9.10. The smallest absolute Gasteiger partial charge is 0.284 e. The first-order valence-corrected chi connectivity index (χ1v) is 9.56. The van der Waals surface area contributed by atoms with Crippen molar-refractivity contribution in [3.63, 3.8) is 0 Å². The molecule has 0 aliphatic carbocycles. The van der Waals surface area contributed by atoms with Gasteiger partial charge in [-0.25, -0.2) is 4.98 Å². The molecule has 3 aromatic rings. The number of halogens is 3. The first-order valence-electron chi connectivity index (χ1n) is 8.01. The number of aromatic nitrogens is 3. The fourth-order valence-corrected chi connectivity index (χ4v) is 3.49. The summed E-state index contributed by atoms with van der Waals surface area (Å²) in [6, 6.07) is 7.92. The van der Waals surface area contributed by atoms with Crippen molar-refractivity contribution < 1.29 is 9.59 Å². The highest BCUT2D eigenvalue weighted by atomic mass is 79.9. The van der Waals surface area contributed by atoms with E-state index >= 15 is 0 Å². The summed E-state index contributed by atoms with van der Waals surface area (Å²) in [7, 11) is 1.49. The molecule has 2 N–H and O–H groups in total. The molecule has 0 radical (unpaired) electrons. The Labute approximate surface area is 179 Å². The second kappa shape index (κ2) is 8.30. The Balaban J connectivity index is 2.31. The van der Waals surface area contributed by atoms with Crippen LogP contribution in [0.5, 0.6) is 0 Å². The van der Waals surface area contributed by atoms with Gasteiger partial charge in [0.2, 0.25) is 0 Å². The molecule has 28 heavy (non-hydrogen) atoms. The summed E-state index contributed by atoms with van der Waals surface area (Å²) < 4.78 is 0.530. The zero-order chi connectivity index (χ0) is 20.4. The molecule has 1 aromatic carbocycles. The van der Waals surface area contributed by atoms with Crippen molar-refractivity contribution in [3.8, 4) is 0 Å². The second-order valence-electron chi connectivity index (χ2n) is 5.75. The number of benzene rings is 1. The van der Waals surface area contributed by atoms with Crippen LogP contribution >= 0.6 is 39.1 Å². The summed E-state index contributed by atoms with van der Waals surface area (Å²) >= 11 is 15.7. The number of H-pyrrole nitrogens is 1. The van der Waals surface area contributed by atoms with Gasteiger partial charge in [0.25, 0.3) is 11.8 Å². The van der Waals surface area contributed by atoms with Crippen LogP contribution in [0.3, 0.4) is 0 Å². The quantitative estimate of drug-likeness (QED) is 0.571. The molecule has 0 saturated heterocycles. The van der Waals surface area contributed by atoms with Gasteiger partial charge in [-0.2, -0.15) is 5.10 Å². The van der Waals surface area contributed by atoms with Crippen molar-refractivity contribution in [1.82, 2.24) is 20.5 Å². The Hall–Kier alpha value is -2.42. The fraction of sp³-hybridized carbons (Fsp3) is 0.111. The highest BCUT2D eigenvalue weighted by Crippen LogP contribution is 2.37. The number of rotatable bonds is 4. The van der Waals surface area contributed by atoms with Gasteiger partial charge in [0.05, 0.1) is 16.3 Å². The third-order valence-corrected chi connectivity index (χ3v) is 4.80. The lowest BCUT2D eigenvalue weighted by molar-refractivity contribution is 0.0963. The number of pyridine rings is 1. The molecule has 7 nitrogen and oxygen atoms in total. The van der Waals surface area contributed by atoms with E-state index in [-0.39, 0.29) is 22.1 Å². The van der Waals surface area contributed by atoms with Crippen LogP contribution in [0.4, 0.5) is 11.5 Å². The number of hydrogen-bond donors (Lipinski definition) is 2. The van der Waals surface area contributed by atoms with Gasteiger partial charge in [-0.3, -0.25) is 19.6 Å². The summed E-state index contributed by atoms with van der Waals surface area (Å²) in [5.41, 5.74) is 1.23. The van der Waals surface area contributed by atoms with Gasteiger partial charge in [0, 0.05) is 24.3 Å². The Kier molecular flexibility index (Phi) is 6.02. The lowest BCUT2D eigenvalue weighted by Gasteiger charge is -2.26. The molecule has 0 aliphatic rings. The minimum atomic E-state index is -0.516. The molecule has 10 heteroatoms. The number of aryl methyl sites for hydroxylation is 1. The van der Waals surface area contributed by atoms with Crippen LogP contribution in [0.1, 0.15) is 26.4 Å². The van der Waals surface area contributed by atoms with E-state index in [0.29, 0.717) is 20.9 Å². The Morgan fingerprint density at radius 2 is 2.00 bits per heavy atom. The monoisotopic (exact) mass is 481 g/mol. The van der Waals surface area contributed by atoms with Gasteiger partial charge in [-0.15, -0.1) is 0 Å². The maximum Gasteiger partial charge on any atom is 0.284 e. The topological polar surface area (TPSA) is 91.0 Å². The van der Waals surface area contributed by atoms with E-state index in [2.05, 4.69) is 36.4 Å². The van der Waals surface area contributed by atoms with Gasteiger partial charge >= 0.3 is 0 Å². The zero-order valence-electron chi connectivity index (χ0n) is 14.8. The third-order valence-electron chi connectivity index (χ3n) is 3.88. The molecular weight excluding hydrogens is 469 g/mol. The average Bonchev–Trinajstić information content (AvgIpc) is 3.10. The van der Waals surface area contributed by atoms with E-state index in [0.717, 1.165) is 0 Å². The van der Waals surface area contributed by atoms with E-state index < -0.39 is 11.8 Å². The number of carbonyl (C=O) groups excluding carboxylic acids is 2. The number of nitrogens with zero attached hydrogens (tertiary/aromatic N) is 3. The maximum atomic E-state index is 13.4. The number of carbonyl (C=O) groups is 2. The molecule has 0 spiro atoms. The average molecular weight is 483 g/mol. The zero-order valence-corrected chi connectivity index (χ0v) is 17.9. The summed E-state index contributed by atoms with van der Waals surface area (Å²) in [5, 5.41) is 9.82. The van der Waals surface area contributed by atoms with Crippen LogP contribution in [0.2, 0.25) is 10.0 Å². The molecule has 0 aliphatic heterocycles. The number of anilines is 2. The molecule has 2 aromatic heterocycles. The van der Waals surface area contributed by atoms with E-state index in [1.165, 1.54) is 30.3 Å². The molecule has 144 valence electrons. The van der Waals surface area contributed by atoms with E-state index in [1.54, 1.807) is 25.1 Å². The lowest BCUT2D eigenvalue weighted by Crippen LogP contribution is -2.31. The number of aromatic amines is 1. The largest absolute Gasteiger partial charge is 0.355 e. The maximum absolute atomic E-state index is 13.4. The van der Waals surface area contributed by atoms with Gasteiger partial charge in [-0.1, -0.05) is 23.2 Å². The minimum Gasteiger partial charge on any atom is -0.355 e. The molecule has 0 fully saturated rings. The normalized spacial score (nSPS) is 10.6. The molecular formula is C18H14BrCl2N5O2. The van der Waals surface area contributed by atoms with E-state index in [1.807, 2.05) is 0 Å². The third kappa shape index (κ3) is 3.89. The summed E-state index contributed by atoms with van der Waals surface area (Å²) in [4.78, 5) is 31.4. The van der Waals surface area contributed by atoms with Crippen molar-refractivity contribution >= 4 is 62.5 Å². The Morgan fingerprint density at radius 1 is 1.25 bits per heavy atom. The molecule has 3 rings (SSSR count). The van der Waals surface area contributed by atoms with Crippen molar-refractivity contribution in [2.75, 3.05) is 11.9 Å². The van der Waals surface area contributed by atoms with Gasteiger partial charge in [-0.05, 0) is 52.7 Å². The van der Waals surface area contributed by atoms with Crippen LogP contribution < -0.4 is 10.2 Å². The Morgan fingerprint density at radius 3 is 2.61 bits per heavy atom. The van der Waals surface area contributed by atoms with E-state index in [4.69, 9.17) is 23.2 Å². The standard InChI is InChI=1S/C18H14BrCl2N5O2/c1-9-6-10(20)7-11(17(27)22-2)15(9)26(16-12(21)4-3-5-23-16)18(28)13-8-14(19)25-24-13/h3-8H,1-2H3,(H,22,27)(H,24,25). The molecule has 0 bridgehead atoms. The van der Waals surface area contributed by atoms with Crippen LogP contribution in [0.15, 0.2) is 41.1 Å². The predicted molar refractivity (Wildman–Crippen MR) is 112 cm³/mol. The SMILES string of the molecule is CNC(=O)c1cc(Cl)cc(C)c1N(C(=O)c1cc(Br)[nH]n1)c1ncccc1Cl. The molecule has 0 unspecified atom stereocenters. The van der Waals surface area contributed by atoms with Crippen LogP contribution in [-0.2, 0) is 0 Å². The number of nitrogens with one attached hydrogen (secondary N) is 2. The highest BCUT2D eigenvalue weighted by Gasteiger charge is 2.30. The van der Waals surface area contributed by atoms with Crippen molar-refractivity contribution in [2.24, 2.45) is 0 Å². The van der Waals surface area contributed by atoms with Crippen molar-refractivity contribution in [3.05, 3.63) is 68.0 Å². The first kappa shape index (κ1) is 20.3. The van der Waals surface area contributed by atoms with Crippen LogP contribution in [0.25, 0.3) is 0 Å². The van der Waals surface area contributed by atoms with Crippen LogP contribution in [0, 0.1) is 6.92 Å². The van der Waals surface area contributed by atoms with E-state index in [9.17, 15) is 9.59 Å². The molecule has 2 heterocycles.